The van der Waals surface area contributed by atoms with Gasteiger partial charge in [-0.3, -0.25) is 9.78 Å². The van der Waals surface area contributed by atoms with E-state index in [1.54, 1.807) is 24.5 Å². The Morgan fingerprint density at radius 1 is 1.41 bits per heavy atom. The zero-order chi connectivity index (χ0) is 12.3. The van der Waals surface area contributed by atoms with E-state index in [2.05, 4.69) is 9.97 Å². The maximum atomic E-state index is 13.0. The molecule has 0 aliphatic heterocycles. The second-order valence-electron chi connectivity index (χ2n) is 3.48. The van der Waals surface area contributed by atoms with Gasteiger partial charge in [0.15, 0.2) is 0 Å². The average molecular weight is 232 g/mol. The van der Waals surface area contributed by atoms with E-state index < -0.39 is 11.9 Å². The summed E-state index contributed by atoms with van der Waals surface area (Å²) >= 11 is 0. The quantitative estimate of drug-likeness (QED) is 0.821. The molecule has 2 heterocycles. The predicted molar refractivity (Wildman–Crippen MR) is 58.8 cm³/mol. The van der Waals surface area contributed by atoms with Gasteiger partial charge in [0.1, 0.15) is 0 Å². The first-order valence-electron chi connectivity index (χ1n) is 4.93. The summed E-state index contributed by atoms with van der Waals surface area (Å²) < 4.78 is 13.0. The molecule has 2 rings (SSSR count). The molecule has 2 aromatic heterocycles. The Morgan fingerprint density at radius 2 is 2.24 bits per heavy atom. The van der Waals surface area contributed by atoms with Crippen LogP contribution in [0.1, 0.15) is 5.56 Å². The summed E-state index contributed by atoms with van der Waals surface area (Å²) in [6.07, 6.45) is 4.27. The molecule has 0 aromatic carbocycles. The number of carboxylic acids is 1. The molecule has 0 spiro atoms. The van der Waals surface area contributed by atoms with E-state index in [1.807, 2.05) is 0 Å². The van der Waals surface area contributed by atoms with Crippen LogP contribution in [0.3, 0.4) is 0 Å². The topological polar surface area (TPSA) is 63.1 Å². The highest BCUT2D eigenvalue weighted by Gasteiger charge is 2.10. The lowest BCUT2D eigenvalue weighted by atomic mass is 10.0. The van der Waals surface area contributed by atoms with Gasteiger partial charge < -0.3 is 5.11 Å². The van der Waals surface area contributed by atoms with Crippen molar-refractivity contribution in [2.75, 3.05) is 0 Å². The lowest BCUT2D eigenvalue weighted by molar-refractivity contribution is -0.136. The zero-order valence-electron chi connectivity index (χ0n) is 8.80. The van der Waals surface area contributed by atoms with Gasteiger partial charge in [-0.2, -0.15) is 4.39 Å². The van der Waals surface area contributed by atoms with Gasteiger partial charge in [0, 0.05) is 29.7 Å². The zero-order valence-corrected chi connectivity index (χ0v) is 8.80. The summed E-state index contributed by atoms with van der Waals surface area (Å²) in [6, 6.07) is 4.63. The molecule has 0 unspecified atom stereocenters. The Hall–Kier alpha value is -2.30. The van der Waals surface area contributed by atoms with Crippen LogP contribution in [0.15, 0.2) is 36.8 Å². The maximum Gasteiger partial charge on any atom is 0.307 e. The SMILES string of the molecule is O=C(O)Cc1cc(F)ncc1-c1cccnc1. The minimum Gasteiger partial charge on any atom is -0.481 e. The van der Waals surface area contributed by atoms with E-state index in [0.29, 0.717) is 11.1 Å². The fraction of sp³-hybridized carbons (Fsp3) is 0.0833. The van der Waals surface area contributed by atoms with Crippen molar-refractivity contribution in [3.63, 3.8) is 0 Å². The Kier molecular flexibility index (Phi) is 3.09. The lowest BCUT2D eigenvalue weighted by Gasteiger charge is -2.06. The smallest absolute Gasteiger partial charge is 0.307 e. The molecule has 0 aliphatic carbocycles. The van der Waals surface area contributed by atoms with Gasteiger partial charge in [0.25, 0.3) is 0 Å². The fourth-order valence-electron chi connectivity index (χ4n) is 1.56. The van der Waals surface area contributed by atoms with Crippen LogP contribution in [0, 0.1) is 5.95 Å². The van der Waals surface area contributed by atoms with Crippen LogP contribution in [0.4, 0.5) is 4.39 Å². The number of carboxylic acid groups (broad SMARTS) is 1. The third-order valence-corrected chi connectivity index (χ3v) is 2.27. The van der Waals surface area contributed by atoms with Crippen LogP contribution in [-0.4, -0.2) is 21.0 Å². The van der Waals surface area contributed by atoms with E-state index in [1.165, 1.54) is 6.20 Å². The van der Waals surface area contributed by atoms with Crippen LogP contribution < -0.4 is 0 Å². The van der Waals surface area contributed by atoms with E-state index in [0.717, 1.165) is 11.6 Å². The minimum atomic E-state index is -1.01. The molecule has 2 aromatic rings. The molecule has 86 valence electrons. The Morgan fingerprint density at radius 3 is 2.88 bits per heavy atom. The number of hydrogen-bond donors (Lipinski definition) is 1. The molecule has 1 N–H and O–H groups in total. The van der Waals surface area contributed by atoms with Crippen LogP contribution >= 0.6 is 0 Å². The number of carbonyl (C=O) groups is 1. The van der Waals surface area contributed by atoms with Crippen molar-refractivity contribution in [1.29, 1.82) is 0 Å². The summed E-state index contributed by atoms with van der Waals surface area (Å²) in [6.45, 7) is 0. The second-order valence-corrected chi connectivity index (χ2v) is 3.48. The largest absolute Gasteiger partial charge is 0.481 e. The molecule has 0 radical (unpaired) electrons. The first-order valence-corrected chi connectivity index (χ1v) is 4.93. The van der Waals surface area contributed by atoms with Crippen LogP contribution in [0.5, 0.6) is 0 Å². The van der Waals surface area contributed by atoms with Crippen molar-refractivity contribution >= 4 is 5.97 Å². The van der Waals surface area contributed by atoms with Gasteiger partial charge in [-0.1, -0.05) is 6.07 Å². The van der Waals surface area contributed by atoms with Crippen LogP contribution in [-0.2, 0) is 11.2 Å². The number of hydrogen-bond acceptors (Lipinski definition) is 3. The Bertz CT molecular complexity index is 543. The highest BCUT2D eigenvalue weighted by molar-refractivity contribution is 5.75. The first kappa shape index (κ1) is 11.2. The van der Waals surface area contributed by atoms with E-state index in [4.69, 9.17) is 5.11 Å². The number of halogens is 1. The van der Waals surface area contributed by atoms with Crippen molar-refractivity contribution in [1.82, 2.24) is 9.97 Å². The first-order chi connectivity index (χ1) is 8.16. The van der Waals surface area contributed by atoms with Gasteiger partial charge >= 0.3 is 5.97 Å². The second kappa shape index (κ2) is 4.69. The standard InChI is InChI=1S/C12H9FN2O2/c13-11-4-9(5-12(16)17)10(7-15-11)8-2-1-3-14-6-8/h1-4,6-7H,5H2,(H,16,17). The van der Waals surface area contributed by atoms with Gasteiger partial charge in [-0.05, 0) is 17.7 Å². The van der Waals surface area contributed by atoms with E-state index >= 15 is 0 Å². The van der Waals surface area contributed by atoms with Gasteiger partial charge in [-0.15, -0.1) is 0 Å². The number of aromatic nitrogens is 2. The number of rotatable bonds is 3. The minimum absolute atomic E-state index is 0.246. The predicted octanol–water partition coefficient (Wildman–Crippen LogP) is 1.91. The molecular weight excluding hydrogens is 223 g/mol. The summed E-state index contributed by atoms with van der Waals surface area (Å²) in [5, 5.41) is 8.77. The molecule has 0 aliphatic rings. The van der Waals surface area contributed by atoms with Crippen molar-refractivity contribution in [2.24, 2.45) is 0 Å². The summed E-state index contributed by atoms with van der Waals surface area (Å²) in [4.78, 5) is 18.2. The normalized spacial score (nSPS) is 10.2. The molecule has 0 saturated heterocycles. The third-order valence-electron chi connectivity index (χ3n) is 2.27. The fourth-order valence-corrected chi connectivity index (χ4v) is 1.56. The van der Waals surface area contributed by atoms with Gasteiger partial charge in [-0.25, -0.2) is 4.98 Å². The molecule has 17 heavy (non-hydrogen) atoms. The average Bonchev–Trinajstić information content (AvgIpc) is 2.29. The molecule has 0 fully saturated rings. The molecule has 4 nitrogen and oxygen atoms in total. The molecule has 0 amide bonds. The summed E-state index contributed by atoms with van der Waals surface area (Å²) in [5.41, 5.74) is 1.69. The molecule has 0 saturated carbocycles. The van der Waals surface area contributed by atoms with Crippen LogP contribution in [0.2, 0.25) is 0 Å². The van der Waals surface area contributed by atoms with Crippen molar-refractivity contribution in [3.05, 3.63) is 48.3 Å². The molecule has 0 atom stereocenters. The summed E-state index contributed by atoms with van der Waals surface area (Å²) in [7, 11) is 0. The Balaban J connectivity index is 2.50. The third kappa shape index (κ3) is 2.63. The van der Waals surface area contributed by atoms with E-state index in [-0.39, 0.29) is 6.42 Å². The van der Waals surface area contributed by atoms with Crippen LogP contribution in [0.25, 0.3) is 11.1 Å². The highest BCUT2D eigenvalue weighted by atomic mass is 19.1. The highest BCUT2D eigenvalue weighted by Crippen LogP contribution is 2.22. The van der Waals surface area contributed by atoms with Crippen molar-refractivity contribution in [3.8, 4) is 11.1 Å². The monoisotopic (exact) mass is 232 g/mol. The molecule has 5 heteroatoms. The lowest BCUT2D eigenvalue weighted by Crippen LogP contribution is -2.03. The number of nitrogens with zero attached hydrogens (tertiary/aromatic N) is 2. The van der Waals surface area contributed by atoms with Crippen molar-refractivity contribution < 1.29 is 14.3 Å². The Labute approximate surface area is 96.8 Å². The van der Waals surface area contributed by atoms with Crippen molar-refractivity contribution in [2.45, 2.75) is 6.42 Å². The molecular formula is C12H9FN2O2. The number of aliphatic carboxylic acids is 1. The summed E-state index contributed by atoms with van der Waals surface area (Å²) in [5.74, 6) is -1.70. The number of pyridine rings is 2. The maximum absolute atomic E-state index is 13.0. The van der Waals surface area contributed by atoms with Gasteiger partial charge in [0.2, 0.25) is 5.95 Å². The molecule has 0 bridgehead atoms. The van der Waals surface area contributed by atoms with Gasteiger partial charge in [0.05, 0.1) is 6.42 Å². The van der Waals surface area contributed by atoms with E-state index in [9.17, 15) is 9.18 Å².